The molecule has 0 aromatic heterocycles. The van der Waals surface area contributed by atoms with Crippen LogP contribution in [-0.4, -0.2) is 57.2 Å². The number of hydrogen-bond acceptors (Lipinski definition) is 5. The predicted molar refractivity (Wildman–Crippen MR) is 77.4 cm³/mol. The third kappa shape index (κ3) is 4.89. The number of nitriles is 2. The zero-order chi connectivity index (χ0) is 15.1. The quantitative estimate of drug-likeness (QED) is 0.781. The van der Waals surface area contributed by atoms with Gasteiger partial charge in [-0.25, -0.2) is 0 Å². The Hall–Kier alpha value is -2.08. The summed E-state index contributed by atoms with van der Waals surface area (Å²) in [4.78, 5) is 4.12. The van der Waals surface area contributed by atoms with Crippen molar-refractivity contribution in [2.45, 2.75) is 6.10 Å². The molecule has 0 saturated heterocycles. The van der Waals surface area contributed by atoms with E-state index in [-0.39, 0.29) is 6.10 Å². The molecule has 106 valence electrons. The number of benzene rings is 1. The van der Waals surface area contributed by atoms with Gasteiger partial charge in [-0.2, -0.15) is 10.5 Å². The van der Waals surface area contributed by atoms with Crippen LogP contribution in [0.4, 0.5) is 0 Å². The molecule has 0 fully saturated rings. The van der Waals surface area contributed by atoms with Gasteiger partial charge in [0.05, 0.1) is 11.1 Å². The van der Waals surface area contributed by atoms with E-state index in [0.717, 1.165) is 13.1 Å². The molecular weight excluding hydrogens is 252 g/mol. The van der Waals surface area contributed by atoms with Gasteiger partial charge in [0.25, 0.3) is 0 Å². The van der Waals surface area contributed by atoms with Gasteiger partial charge >= 0.3 is 0 Å². The van der Waals surface area contributed by atoms with Crippen LogP contribution in [0.1, 0.15) is 11.1 Å². The zero-order valence-corrected chi connectivity index (χ0v) is 12.4. The van der Waals surface area contributed by atoms with Gasteiger partial charge in [0.15, 0.2) is 0 Å². The fourth-order valence-electron chi connectivity index (χ4n) is 1.93. The van der Waals surface area contributed by atoms with Crippen LogP contribution in [0.3, 0.4) is 0 Å². The van der Waals surface area contributed by atoms with Gasteiger partial charge in [-0.05, 0) is 46.4 Å². The molecule has 0 aliphatic carbocycles. The van der Waals surface area contributed by atoms with Gasteiger partial charge in [-0.15, -0.1) is 0 Å². The summed E-state index contributed by atoms with van der Waals surface area (Å²) in [5.74, 6) is 0.620. The van der Waals surface area contributed by atoms with Crippen molar-refractivity contribution in [3.8, 4) is 17.9 Å². The second kappa shape index (κ2) is 7.49. The highest BCUT2D eigenvalue weighted by Gasteiger charge is 2.14. The molecule has 5 heteroatoms. The van der Waals surface area contributed by atoms with Crippen LogP contribution in [0.25, 0.3) is 0 Å². The second-order valence-electron chi connectivity index (χ2n) is 5.20. The van der Waals surface area contributed by atoms with Crippen LogP contribution in [-0.2, 0) is 0 Å². The first kappa shape index (κ1) is 16.0. The predicted octanol–water partition coefficient (Wildman–Crippen LogP) is 1.30. The maximum atomic E-state index is 9.03. The Morgan fingerprint density at radius 1 is 1.00 bits per heavy atom. The van der Waals surface area contributed by atoms with E-state index in [2.05, 4.69) is 9.80 Å². The lowest BCUT2D eigenvalue weighted by Gasteiger charge is -2.25. The molecule has 0 saturated carbocycles. The smallest absolute Gasteiger partial charge is 0.124 e. The molecule has 0 spiro atoms. The maximum Gasteiger partial charge on any atom is 0.124 e. The van der Waals surface area contributed by atoms with Gasteiger partial charge in [0.2, 0.25) is 0 Å². The minimum absolute atomic E-state index is 0.000483. The first-order chi connectivity index (χ1) is 9.46. The number of ether oxygens (including phenoxy) is 1. The highest BCUT2D eigenvalue weighted by molar-refractivity contribution is 5.49. The molecule has 1 rings (SSSR count). The Balaban J connectivity index is 2.88. The highest BCUT2D eigenvalue weighted by atomic mass is 16.5. The summed E-state index contributed by atoms with van der Waals surface area (Å²) in [5, 5.41) is 17.9. The topological polar surface area (TPSA) is 63.3 Å². The highest BCUT2D eigenvalue weighted by Crippen LogP contribution is 2.18. The zero-order valence-electron chi connectivity index (χ0n) is 12.4. The lowest BCUT2D eigenvalue weighted by atomic mass is 10.1. The van der Waals surface area contributed by atoms with E-state index < -0.39 is 0 Å². The summed E-state index contributed by atoms with van der Waals surface area (Å²) >= 11 is 0. The van der Waals surface area contributed by atoms with E-state index in [9.17, 15) is 0 Å². The number of rotatable bonds is 6. The summed E-state index contributed by atoms with van der Waals surface area (Å²) in [6, 6.07) is 8.99. The van der Waals surface area contributed by atoms with Crippen LogP contribution < -0.4 is 4.74 Å². The molecule has 0 radical (unpaired) electrons. The summed E-state index contributed by atoms with van der Waals surface area (Å²) in [5.41, 5.74) is 0.718. The summed E-state index contributed by atoms with van der Waals surface area (Å²) in [7, 11) is 7.97. The summed E-state index contributed by atoms with van der Waals surface area (Å²) in [6.07, 6.45) is -0.000483. The second-order valence-corrected chi connectivity index (χ2v) is 5.20. The first-order valence-electron chi connectivity index (χ1n) is 6.36. The Morgan fingerprint density at radius 3 is 2.00 bits per heavy atom. The van der Waals surface area contributed by atoms with E-state index in [1.807, 2.05) is 40.3 Å². The average Bonchev–Trinajstić information content (AvgIpc) is 2.36. The van der Waals surface area contributed by atoms with Crippen molar-refractivity contribution in [1.82, 2.24) is 9.80 Å². The van der Waals surface area contributed by atoms with Crippen molar-refractivity contribution in [3.05, 3.63) is 29.3 Å². The monoisotopic (exact) mass is 272 g/mol. The van der Waals surface area contributed by atoms with Crippen molar-refractivity contribution in [2.75, 3.05) is 41.3 Å². The molecular formula is C15H20N4O. The molecule has 0 aliphatic rings. The van der Waals surface area contributed by atoms with Gasteiger partial charge in [0.1, 0.15) is 24.0 Å². The number of hydrogen-bond donors (Lipinski definition) is 0. The Bertz CT molecular complexity index is 516. The van der Waals surface area contributed by atoms with Crippen LogP contribution in [0.15, 0.2) is 18.2 Å². The number of likely N-dealkylation sites (N-methyl/N-ethyl adjacent to an activating group) is 2. The molecule has 0 heterocycles. The lowest BCUT2D eigenvalue weighted by Crippen LogP contribution is -2.38. The van der Waals surface area contributed by atoms with E-state index >= 15 is 0 Å². The molecule has 0 unspecified atom stereocenters. The van der Waals surface area contributed by atoms with Crippen LogP contribution in [0, 0.1) is 22.7 Å². The minimum atomic E-state index is -0.000483. The average molecular weight is 272 g/mol. The lowest BCUT2D eigenvalue weighted by molar-refractivity contribution is 0.128. The SMILES string of the molecule is CN(C)CC(CN(C)C)Oc1ccc(C#N)c(C#N)c1. The van der Waals surface area contributed by atoms with E-state index in [1.54, 1.807) is 18.2 Å². The molecule has 0 N–H and O–H groups in total. The first-order valence-corrected chi connectivity index (χ1v) is 6.36. The Labute approximate surface area is 120 Å². The summed E-state index contributed by atoms with van der Waals surface area (Å²) in [6.45, 7) is 1.56. The molecule has 0 aliphatic heterocycles. The molecule has 0 amide bonds. The third-order valence-electron chi connectivity index (χ3n) is 2.67. The molecule has 0 bridgehead atoms. The van der Waals surface area contributed by atoms with Crippen molar-refractivity contribution < 1.29 is 4.74 Å². The minimum Gasteiger partial charge on any atom is -0.488 e. The fourth-order valence-corrected chi connectivity index (χ4v) is 1.93. The van der Waals surface area contributed by atoms with Crippen molar-refractivity contribution in [3.63, 3.8) is 0 Å². The van der Waals surface area contributed by atoms with Crippen molar-refractivity contribution >= 4 is 0 Å². The van der Waals surface area contributed by atoms with Crippen molar-refractivity contribution in [1.29, 1.82) is 10.5 Å². The molecule has 20 heavy (non-hydrogen) atoms. The standard InChI is InChI=1S/C15H20N4O/c1-18(2)10-15(11-19(3)4)20-14-6-5-12(8-16)13(7-14)9-17/h5-7,15H,10-11H2,1-4H3. The maximum absolute atomic E-state index is 9.03. The third-order valence-corrected chi connectivity index (χ3v) is 2.67. The van der Waals surface area contributed by atoms with Gasteiger partial charge in [-0.1, -0.05) is 0 Å². The molecule has 1 aromatic carbocycles. The van der Waals surface area contributed by atoms with Gasteiger partial charge in [-0.3, -0.25) is 0 Å². The van der Waals surface area contributed by atoms with Crippen LogP contribution in [0.2, 0.25) is 0 Å². The largest absolute Gasteiger partial charge is 0.488 e. The van der Waals surface area contributed by atoms with Gasteiger partial charge < -0.3 is 14.5 Å². The summed E-state index contributed by atoms with van der Waals surface area (Å²) < 4.78 is 5.93. The Kier molecular flexibility index (Phi) is 5.99. The fraction of sp³-hybridized carbons (Fsp3) is 0.467. The van der Waals surface area contributed by atoms with Crippen molar-refractivity contribution in [2.24, 2.45) is 0 Å². The number of nitrogens with zero attached hydrogens (tertiary/aromatic N) is 4. The van der Waals surface area contributed by atoms with E-state index in [1.165, 1.54) is 0 Å². The van der Waals surface area contributed by atoms with E-state index in [0.29, 0.717) is 16.9 Å². The van der Waals surface area contributed by atoms with Crippen LogP contribution >= 0.6 is 0 Å². The Morgan fingerprint density at radius 2 is 1.55 bits per heavy atom. The normalized spacial score (nSPS) is 10.7. The van der Waals surface area contributed by atoms with Gasteiger partial charge in [0, 0.05) is 13.1 Å². The molecule has 5 nitrogen and oxygen atoms in total. The molecule has 0 atom stereocenters. The van der Waals surface area contributed by atoms with Crippen LogP contribution in [0.5, 0.6) is 5.75 Å². The van der Waals surface area contributed by atoms with E-state index in [4.69, 9.17) is 15.3 Å². The molecule has 1 aromatic rings.